The number of esters is 1. The molecule has 2 heterocycles. The van der Waals surface area contributed by atoms with E-state index in [0.717, 1.165) is 28.6 Å². The Labute approximate surface area is 169 Å². The van der Waals surface area contributed by atoms with Crippen molar-refractivity contribution in [2.45, 2.75) is 26.8 Å². The molecule has 2 aromatic carbocycles. The smallest absolute Gasteiger partial charge is 0.337 e. The third kappa shape index (κ3) is 3.92. The maximum atomic E-state index is 11.7. The Kier molecular flexibility index (Phi) is 5.16. The summed E-state index contributed by atoms with van der Waals surface area (Å²) < 4.78 is 12.9. The van der Waals surface area contributed by atoms with E-state index in [9.17, 15) is 4.79 Å². The number of carbonyl (C=O) groups excluding carboxylic acids is 1. The summed E-state index contributed by atoms with van der Waals surface area (Å²) in [5.41, 5.74) is 3.56. The normalized spacial score (nSPS) is 11.3. The fraction of sp³-hybridized carbons (Fsp3) is 0.261. The number of rotatable bonds is 6. The predicted octanol–water partition coefficient (Wildman–Crippen LogP) is 4.72. The van der Waals surface area contributed by atoms with E-state index < -0.39 is 0 Å². The van der Waals surface area contributed by atoms with Gasteiger partial charge in [-0.15, -0.1) is 10.2 Å². The van der Waals surface area contributed by atoms with Gasteiger partial charge in [-0.1, -0.05) is 44.2 Å². The van der Waals surface area contributed by atoms with Gasteiger partial charge in [-0.3, -0.25) is 0 Å². The third-order valence-electron chi connectivity index (χ3n) is 4.80. The van der Waals surface area contributed by atoms with Crippen LogP contribution in [0.2, 0.25) is 0 Å². The molecule has 148 valence electrons. The molecule has 29 heavy (non-hydrogen) atoms. The minimum Gasteiger partial charge on any atom is -0.465 e. The lowest BCUT2D eigenvalue weighted by molar-refractivity contribution is 0.0600. The maximum Gasteiger partial charge on any atom is 0.337 e. The Hall–Kier alpha value is -3.41. The van der Waals surface area contributed by atoms with Crippen LogP contribution < -0.4 is 0 Å². The second kappa shape index (κ2) is 7.91. The Morgan fingerprint density at radius 1 is 1.10 bits per heavy atom. The van der Waals surface area contributed by atoms with E-state index in [4.69, 9.17) is 9.15 Å². The summed E-state index contributed by atoms with van der Waals surface area (Å²) in [6, 6.07) is 17.7. The van der Waals surface area contributed by atoms with Gasteiger partial charge in [0.2, 0.25) is 5.89 Å². The molecule has 4 rings (SSSR count). The molecule has 0 aliphatic heterocycles. The van der Waals surface area contributed by atoms with Crippen molar-refractivity contribution < 1.29 is 13.9 Å². The molecule has 0 unspecified atom stereocenters. The highest BCUT2D eigenvalue weighted by molar-refractivity contribution is 5.89. The van der Waals surface area contributed by atoms with Gasteiger partial charge in [-0.2, -0.15) is 0 Å². The molecule has 0 aliphatic rings. The van der Waals surface area contributed by atoms with E-state index in [0.29, 0.717) is 29.8 Å². The molecule has 0 radical (unpaired) electrons. The van der Waals surface area contributed by atoms with Crippen LogP contribution in [0.25, 0.3) is 22.5 Å². The van der Waals surface area contributed by atoms with Crippen LogP contribution in [-0.4, -0.2) is 27.8 Å². The molecule has 4 aromatic rings. The van der Waals surface area contributed by atoms with Gasteiger partial charge in [0.1, 0.15) is 5.69 Å². The topological polar surface area (TPSA) is 70.2 Å². The first kappa shape index (κ1) is 18.9. The number of ether oxygens (including phenoxy) is 1. The largest absolute Gasteiger partial charge is 0.465 e. The number of aromatic nitrogens is 3. The molecule has 0 bridgehead atoms. The van der Waals surface area contributed by atoms with Crippen molar-refractivity contribution in [2.24, 2.45) is 5.92 Å². The summed E-state index contributed by atoms with van der Waals surface area (Å²) in [7, 11) is 1.38. The van der Waals surface area contributed by atoms with Crippen molar-refractivity contribution in [2.75, 3.05) is 7.11 Å². The molecule has 0 aliphatic carbocycles. The van der Waals surface area contributed by atoms with Gasteiger partial charge in [-0.25, -0.2) is 4.79 Å². The molecule has 0 amide bonds. The number of hydrogen-bond acceptors (Lipinski definition) is 5. The maximum absolute atomic E-state index is 11.7. The summed E-state index contributed by atoms with van der Waals surface area (Å²) in [4.78, 5) is 11.7. The van der Waals surface area contributed by atoms with Gasteiger partial charge in [0.15, 0.2) is 0 Å². The van der Waals surface area contributed by atoms with Crippen LogP contribution in [0.5, 0.6) is 0 Å². The average Bonchev–Trinajstić information content (AvgIpc) is 3.32. The molecule has 0 saturated heterocycles. The van der Waals surface area contributed by atoms with E-state index in [1.54, 1.807) is 12.1 Å². The van der Waals surface area contributed by atoms with Crippen molar-refractivity contribution in [1.82, 2.24) is 14.8 Å². The fourth-order valence-corrected chi connectivity index (χ4v) is 3.39. The number of carbonyl (C=O) groups is 1. The molecule has 6 heteroatoms. The standard InChI is InChI=1S/C23H23N3O3/c1-15(2)12-21-24-25-22(29-21)20-13-18-6-4-5-7-19(18)26(20)14-16-8-10-17(11-9-16)23(27)28-3/h4-11,13,15H,12,14H2,1-3H3. The summed E-state index contributed by atoms with van der Waals surface area (Å²) in [5.74, 6) is 1.27. The van der Waals surface area contributed by atoms with Crippen LogP contribution >= 0.6 is 0 Å². The van der Waals surface area contributed by atoms with E-state index in [1.807, 2.05) is 24.3 Å². The Morgan fingerprint density at radius 2 is 1.86 bits per heavy atom. The predicted molar refractivity (Wildman–Crippen MR) is 111 cm³/mol. The molecule has 0 N–H and O–H groups in total. The van der Waals surface area contributed by atoms with Crippen molar-refractivity contribution in [3.63, 3.8) is 0 Å². The van der Waals surface area contributed by atoms with Gasteiger partial charge in [0, 0.05) is 23.9 Å². The van der Waals surface area contributed by atoms with Gasteiger partial charge < -0.3 is 13.7 Å². The first-order valence-corrected chi connectivity index (χ1v) is 9.63. The molecule has 0 spiro atoms. The van der Waals surface area contributed by atoms with Crippen molar-refractivity contribution >= 4 is 16.9 Å². The summed E-state index contributed by atoms with van der Waals surface area (Å²) in [5, 5.41) is 9.61. The lowest BCUT2D eigenvalue weighted by Crippen LogP contribution is -2.04. The molecule has 0 fully saturated rings. The van der Waals surface area contributed by atoms with Crippen LogP contribution in [0.15, 0.2) is 59.0 Å². The van der Waals surface area contributed by atoms with Crippen LogP contribution in [0.3, 0.4) is 0 Å². The lowest BCUT2D eigenvalue weighted by Gasteiger charge is -2.10. The minimum absolute atomic E-state index is 0.341. The van der Waals surface area contributed by atoms with Crippen LogP contribution in [0.1, 0.15) is 35.7 Å². The van der Waals surface area contributed by atoms with E-state index in [-0.39, 0.29) is 5.97 Å². The van der Waals surface area contributed by atoms with Gasteiger partial charge in [-0.05, 0) is 35.7 Å². The minimum atomic E-state index is -0.341. The Morgan fingerprint density at radius 3 is 2.59 bits per heavy atom. The Bertz CT molecular complexity index is 1140. The molecular weight excluding hydrogens is 366 g/mol. The number of para-hydroxylation sites is 1. The number of hydrogen-bond donors (Lipinski definition) is 0. The molecule has 0 atom stereocenters. The van der Waals surface area contributed by atoms with Gasteiger partial charge in [0.25, 0.3) is 5.89 Å². The van der Waals surface area contributed by atoms with Crippen LogP contribution in [0.4, 0.5) is 0 Å². The molecule has 0 saturated carbocycles. The van der Waals surface area contributed by atoms with Crippen LogP contribution in [0, 0.1) is 5.92 Å². The van der Waals surface area contributed by atoms with Crippen LogP contribution in [-0.2, 0) is 17.7 Å². The second-order valence-electron chi connectivity index (χ2n) is 7.46. The highest BCUT2D eigenvalue weighted by Gasteiger charge is 2.17. The van der Waals surface area contributed by atoms with Gasteiger partial charge >= 0.3 is 5.97 Å². The zero-order valence-corrected chi connectivity index (χ0v) is 16.8. The summed E-state index contributed by atoms with van der Waals surface area (Å²) in [6.07, 6.45) is 0.752. The van der Waals surface area contributed by atoms with E-state index >= 15 is 0 Å². The molecular formula is C23H23N3O3. The quantitative estimate of drug-likeness (QED) is 0.446. The number of methoxy groups -OCH3 is 1. The monoisotopic (exact) mass is 389 g/mol. The van der Waals surface area contributed by atoms with Gasteiger partial charge in [0.05, 0.1) is 12.7 Å². The lowest BCUT2D eigenvalue weighted by atomic mass is 10.1. The summed E-state index contributed by atoms with van der Waals surface area (Å²) >= 11 is 0. The zero-order chi connectivity index (χ0) is 20.4. The number of nitrogens with zero attached hydrogens (tertiary/aromatic N) is 3. The Balaban J connectivity index is 1.72. The molecule has 6 nitrogen and oxygen atoms in total. The van der Waals surface area contributed by atoms with E-state index in [1.165, 1.54) is 7.11 Å². The number of benzene rings is 2. The first-order valence-electron chi connectivity index (χ1n) is 9.63. The highest BCUT2D eigenvalue weighted by atomic mass is 16.5. The zero-order valence-electron chi connectivity index (χ0n) is 16.8. The fourth-order valence-electron chi connectivity index (χ4n) is 3.39. The number of fused-ring (bicyclic) bond motifs is 1. The third-order valence-corrected chi connectivity index (χ3v) is 4.80. The summed E-state index contributed by atoms with van der Waals surface area (Å²) in [6.45, 7) is 4.86. The van der Waals surface area contributed by atoms with Crippen molar-refractivity contribution in [3.8, 4) is 11.6 Å². The van der Waals surface area contributed by atoms with E-state index in [2.05, 4.69) is 46.8 Å². The average molecular weight is 389 g/mol. The van der Waals surface area contributed by atoms with Crippen molar-refractivity contribution in [1.29, 1.82) is 0 Å². The molecule has 2 aromatic heterocycles. The van der Waals surface area contributed by atoms with Crippen molar-refractivity contribution in [3.05, 3.63) is 71.6 Å². The second-order valence-corrected chi connectivity index (χ2v) is 7.46. The first-order chi connectivity index (χ1) is 14.0. The highest BCUT2D eigenvalue weighted by Crippen LogP contribution is 2.29. The SMILES string of the molecule is COC(=O)c1ccc(Cn2c(-c3nnc(CC(C)C)o3)cc3ccccc32)cc1.